The molecule has 56 heavy (non-hydrogen) atoms. The Bertz CT molecular complexity index is 1870. The van der Waals surface area contributed by atoms with Gasteiger partial charge in [0.05, 0.1) is 40.6 Å². The second-order valence-corrected chi connectivity index (χ2v) is 13.9. The number of aromatic nitrogens is 6. The van der Waals surface area contributed by atoms with Crippen molar-refractivity contribution in [3.8, 4) is 34.2 Å². The second kappa shape index (κ2) is 18.8. The molecule has 0 fully saturated rings. The number of esters is 1. The van der Waals surface area contributed by atoms with Gasteiger partial charge in [0.2, 0.25) is 0 Å². The molecule has 8 nitrogen and oxygen atoms in total. The number of nitrogens with zero attached hydrogens (tertiary/aromatic N) is 6. The predicted molar refractivity (Wildman–Crippen MR) is 185 cm³/mol. The summed E-state index contributed by atoms with van der Waals surface area (Å²) in [4.78, 5) is 36.9. The summed E-state index contributed by atoms with van der Waals surface area (Å²) in [6.07, 6.45) is 10.4. The normalized spacial score (nSPS) is 12.9. The first-order chi connectivity index (χ1) is 25.2. The van der Waals surface area contributed by atoms with Crippen LogP contribution in [-0.4, -0.2) is 42.5 Å². The Morgan fingerprint density at radius 2 is 0.714 bits per heavy atom. The maximum atomic E-state index is 11.7. The molecule has 0 unspecified atom stereocenters. The molecule has 304 valence electrons. The molecule has 0 aliphatic rings. The Morgan fingerprint density at radius 1 is 0.446 bits per heavy atom. The molecule has 0 aromatic carbocycles. The zero-order chi connectivity index (χ0) is 41.4. The number of carbonyl (C=O) groups excluding carboxylic acids is 1. The molecule has 6 aromatic heterocycles. The number of ether oxygens (including phenoxy) is 1. The molecular formula is C33H28F12N6O2P2Ru. The molecule has 0 atom stereocenters. The second-order valence-electron chi connectivity index (χ2n) is 10.1. The van der Waals surface area contributed by atoms with E-state index in [0.29, 0.717) is 23.6 Å². The van der Waals surface area contributed by atoms with E-state index in [1.54, 1.807) is 56.2 Å². The van der Waals surface area contributed by atoms with Gasteiger partial charge in [0.25, 0.3) is 0 Å². The zero-order valence-corrected chi connectivity index (χ0v) is 31.8. The third kappa shape index (κ3) is 26.7. The fraction of sp³-hybridized carbons (Fsp3) is 0.0606. The van der Waals surface area contributed by atoms with Crippen molar-refractivity contribution in [1.29, 1.82) is 0 Å². The molecule has 6 heterocycles. The van der Waals surface area contributed by atoms with Crippen molar-refractivity contribution >= 4 is 21.6 Å². The zero-order valence-electron chi connectivity index (χ0n) is 28.3. The molecule has 6 aromatic rings. The summed E-state index contributed by atoms with van der Waals surface area (Å²) in [5.41, 5.74) is 5.31. The van der Waals surface area contributed by atoms with Crippen LogP contribution in [0.4, 0.5) is 50.4 Å². The van der Waals surface area contributed by atoms with Crippen molar-refractivity contribution in [3.63, 3.8) is 0 Å². The fourth-order valence-electron chi connectivity index (χ4n) is 3.54. The summed E-state index contributed by atoms with van der Waals surface area (Å²) >= 11 is 0. The van der Waals surface area contributed by atoms with Crippen LogP contribution in [0, 0.1) is 0 Å². The maximum absolute atomic E-state index is 11.7. The third-order valence-corrected chi connectivity index (χ3v) is 5.40. The van der Waals surface area contributed by atoms with Gasteiger partial charge in [0.15, 0.2) is 0 Å². The largest absolute Gasteiger partial charge is 2.00 e. The molecule has 23 heteroatoms. The number of carbonyl (C=O) groups is 1. The van der Waals surface area contributed by atoms with E-state index in [-0.39, 0.29) is 25.4 Å². The summed E-state index contributed by atoms with van der Waals surface area (Å²) < 4.78 is 123. The van der Waals surface area contributed by atoms with Gasteiger partial charge in [-0.1, -0.05) is 30.3 Å². The smallest absolute Gasteiger partial charge is 0.255 e. The predicted octanol–water partition coefficient (Wildman–Crippen LogP) is 13.4. The van der Waals surface area contributed by atoms with Gasteiger partial charge in [0, 0.05) is 37.2 Å². The van der Waals surface area contributed by atoms with E-state index in [9.17, 15) is 55.2 Å². The first-order valence-corrected chi connectivity index (χ1v) is 19.0. The van der Waals surface area contributed by atoms with Crippen molar-refractivity contribution in [1.82, 2.24) is 29.9 Å². The Balaban J connectivity index is 0.000000363. The van der Waals surface area contributed by atoms with Crippen molar-refractivity contribution in [2.75, 3.05) is 6.61 Å². The molecule has 0 bridgehead atoms. The molecule has 0 aliphatic carbocycles. The SMILES string of the molecule is CCOC(=O)c1cccnc1-c1ccccn1.F[P-](F)(F)(F)(F)F.F[P-](F)(F)(F)(F)F.[Ru+2].c1ccc(-c2ccccn2)nc1.c1ccc(-c2ccccn2)nc1. The van der Waals surface area contributed by atoms with E-state index in [1.807, 2.05) is 91.0 Å². The van der Waals surface area contributed by atoms with Gasteiger partial charge in [-0.25, -0.2) is 4.79 Å². The monoisotopic (exact) mass is 932 g/mol. The first-order valence-electron chi connectivity index (χ1n) is 15.0. The summed E-state index contributed by atoms with van der Waals surface area (Å²) in [6, 6.07) is 32.1. The molecule has 0 radical (unpaired) electrons. The van der Waals surface area contributed by atoms with Gasteiger partial charge < -0.3 is 4.74 Å². The first kappa shape index (κ1) is 49.0. The Morgan fingerprint density at radius 3 is 0.964 bits per heavy atom. The number of halogens is 12. The molecule has 0 aliphatic heterocycles. The van der Waals surface area contributed by atoms with E-state index in [2.05, 4.69) is 29.9 Å². The van der Waals surface area contributed by atoms with Crippen LogP contribution in [0.5, 0.6) is 0 Å². The van der Waals surface area contributed by atoms with Gasteiger partial charge in [-0.2, -0.15) is 0 Å². The van der Waals surface area contributed by atoms with Crippen LogP contribution in [0.3, 0.4) is 0 Å². The van der Waals surface area contributed by atoms with Crippen molar-refractivity contribution in [3.05, 3.63) is 146 Å². The molecule has 6 rings (SSSR count). The quantitative estimate of drug-likeness (QED) is 0.0729. The average molecular weight is 932 g/mol. The van der Waals surface area contributed by atoms with E-state index < -0.39 is 15.6 Å². The summed E-state index contributed by atoms with van der Waals surface area (Å²) in [5, 5.41) is 0. The van der Waals surface area contributed by atoms with E-state index in [0.717, 1.165) is 22.8 Å². The van der Waals surface area contributed by atoms with Crippen molar-refractivity contribution in [2.45, 2.75) is 6.92 Å². The topological polar surface area (TPSA) is 104 Å². The minimum absolute atomic E-state index is 0. The summed E-state index contributed by atoms with van der Waals surface area (Å²) in [7, 11) is -21.3. The van der Waals surface area contributed by atoms with E-state index in [4.69, 9.17) is 4.74 Å². The minimum atomic E-state index is -10.7. The fourth-order valence-corrected chi connectivity index (χ4v) is 3.54. The molecule has 0 spiro atoms. The Kier molecular flexibility index (Phi) is 16.4. The molecule has 0 saturated heterocycles. The van der Waals surface area contributed by atoms with E-state index >= 15 is 0 Å². The Labute approximate surface area is 323 Å². The number of rotatable bonds is 5. The van der Waals surface area contributed by atoms with Gasteiger partial charge in [-0.3, -0.25) is 29.9 Å². The number of hydrogen-bond acceptors (Lipinski definition) is 8. The molecule has 0 saturated carbocycles. The third-order valence-electron chi connectivity index (χ3n) is 5.40. The van der Waals surface area contributed by atoms with Crippen molar-refractivity contribution in [2.24, 2.45) is 0 Å². The van der Waals surface area contributed by atoms with Crippen LogP contribution in [0.15, 0.2) is 140 Å². The number of pyridine rings is 6. The Hall–Kier alpha value is -4.99. The molecule has 0 N–H and O–H groups in total. The maximum Gasteiger partial charge on any atom is 2.00 e. The van der Waals surface area contributed by atoms with Crippen LogP contribution >= 0.6 is 15.6 Å². The summed E-state index contributed by atoms with van der Waals surface area (Å²) in [5.74, 6) is -0.374. The van der Waals surface area contributed by atoms with Gasteiger partial charge >= 0.3 is 91.4 Å². The van der Waals surface area contributed by atoms with Gasteiger partial charge in [-0.15, -0.1) is 0 Å². The minimum Gasteiger partial charge on any atom is -0.255 e. The summed E-state index contributed by atoms with van der Waals surface area (Å²) in [6.45, 7) is 2.12. The average Bonchev–Trinajstić information content (AvgIpc) is 3.12. The van der Waals surface area contributed by atoms with Crippen LogP contribution in [0.2, 0.25) is 0 Å². The van der Waals surface area contributed by atoms with Gasteiger partial charge in [-0.05, 0) is 79.7 Å². The van der Waals surface area contributed by atoms with Crippen LogP contribution in [0.25, 0.3) is 34.2 Å². The molecular weight excluding hydrogens is 903 g/mol. The van der Waals surface area contributed by atoms with Crippen molar-refractivity contribution < 1.29 is 79.4 Å². The number of hydrogen-bond donors (Lipinski definition) is 0. The van der Waals surface area contributed by atoms with Crippen LogP contribution in [0.1, 0.15) is 17.3 Å². The standard InChI is InChI=1S/C13H12N2O2.2C10H8N2.2F6P.Ru/c1-2-17-13(16)10-6-5-9-15-12(10)11-7-3-4-8-14-11;2*1-3-7-11-9(5-1)10-6-2-4-8-12-10;2*1-7(2,3,4,5)6;/h3-9H,2H2,1H3;2*1-8H;;;/q;;;2*-1;+2. The van der Waals surface area contributed by atoms with Crippen LogP contribution in [-0.2, 0) is 24.2 Å². The van der Waals surface area contributed by atoms with Crippen LogP contribution < -0.4 is 0 Å². The molecule has 0 amide bonds. The van der Waals surface area contributed by atoms with Gasteiger partial charge in [0.1, 0.15) is 5.69 Å². The van der Waals surface area contributed by atoms with E-state index in [1.165, 1.54) is 0 Å².